The van der Waals surface area contributed by atoms with Gasteiger partial charge in [0.2, 0.25) is 23.6 Å². The fraction of sp³-hybridized carbons (Fsp3) is 0.353. The lowest BCUT2D eigenvalue weighted by molar-refractivity contribution is -0.187. The molecule has 8 heterocycles. The van der Waals surface area contributed by atoms with Crippen molar-refractivity contribution in [2.45, 2.75) is 38.4 Å². The van der Waals surface area contributed by atoms with Gasteiger partial charge in [-0.1, -0.05) is 30.3 Å². The molecule has 0 aliphatic carbocycles. The van der Waals surface area contributed by atoms with Crippen molar-refractivity contribution in [1.29, 1.82) is 0 Å². The highest BCUT2D eigenvalue weighted by molar-refractivity contribution is 9.10. The Morgan fingerprint density at radius 3 is 1.79 bits per heavy atom. The van der Waals surface area contributed by atoms with Crippen LogP contribution in [0.2, 0.25) is 0 Å². The van der Waals surface area contributed by atoms with Gasteiger partial charge in [0, 0.05) is 73.3 Å². The minimum atomic E-state index is -0.442. The van der Waals surface area contributed by atoms with Gasteiger partial charge in [0.15, 0.2) is 12.5 Å². The maximum atomic E-state index is 16.4. The van der Waals surface area contributed by atoms with Crippen LogP contribution in [0.3, 0.4) is 0 Å². The minimum Gasteiger partial charge on any atom is -0.456 e. The van der Waals surface area contributed by atoms with Crippen LogP contribution in [0.15, 0.2) is 53.3 Å². The SMILES string of the molecule is O=C1CC2(CN1)CN1Cc3ncc(-c4cccc(-c5cccc(-c6cnc7c(n6)OC6N(C7)CC67CNC(=O)C7)c5Br)c4F)nc3OC12. The molecule has 4 fully saturated rings. The van der Waals surface area contributed by atoms with E-state index in [9.17, 15) is 9.59 Å². The largest absolute Gasteiger partial charge is 0.456 e. The van der Waals surface area contributed by atoms with Gasteiger partial charge in [0.05, 0.1) is 34.6 Å². The van der Waals surface area contributed by atoms with Crippen molar-refractivity contribution >= 4 is 27.7 Å². The predicted molar refractivity (Wildman–Crippen MR) is 171 cm³/mol. The van der Waals surface area contributed by atoms with Gasteiger partial charge in [-0.2, -0.15) is 0 Å². The maximum Gasteiger partial charge on any atom is 0.239 e. The average molecular weight is 712 g/mol. The normalized spacial score (nSPS) is 28.3. The summed E-state index contributed by atoms with van der Waals surface area (Å²) in [5.74, 6) is 0.468. The molecule has 4 unspecified atom stereocenters. The van der Waals surface area contributed by atoms with Crippen LogP contribution in [-0.4, -0.2) is 80.2 Å². The minimum absolute atomic E-state index is 0.0312. The third kappa shape index (κ3) is 4.05. The Bertz CT molecular complexity index is 1950. The number of hydrogen-bond acceptors (Lipinski definition) is 10. The van der Waals surface area contributed by atoms with Crippen molar-refractivity contribution in [2.75, 3.05) is 26.2 Å². The van der Waals surface area contributed by atoms with Crippen molar-refractivity contribution in [3.05, 3.63) is 70.5 Å². The Labute approximate surface area is 282 Å². The van der Waals surface area contributed by atoms with Crippen molar-refractivity contribution < 1.29 is 23.5 Å². The third-order valence-corrected chi connectivity index (χ3v) is 11.5. The summed E-state index contributed by atoms with van der Waals surface area (Å²) in [5, 5.41) is 5.86. The first kappa shape index (κ1) is 28.5. The molecule has 6 aliphatic heterocycles. The van der Waals surface area contributed by atoms with Crippen LogP contribution in [0.25, 0.3) is 33.6 Å². The summed E-state index contributed by atoms with van der Waals surface area (Å²) in [6.45, 7) is 3.88. The Hall–Kier alpha value is -4.53. The van der Waals surface area contributed by atoms with E-state index >= 15 is 4.39 Å². The van der Waals surface area contributed by atoms with E-state index in [1.807, 2.05) is 18.2 Å². The van der Waals surface area contributed by atoms with Crippen LogP contribution >= 0.6 is 15.9 Å². The number of carbonyl (C=O) groups is 2. The molecule has 14 heteroatoms. The van der Waals surface area contributed by atoms with Gasteiger partial charge in [-0.25, -0.2) is 14.4 Å². The summed E-state index contributed by atoms with van der Waals surface area (Å²) >= 11 is 3.74. The lowest BCUT2D eigenvalue weighted by Gasteiger charge is -2.55. The van der Waals surface area contributed by atoms with Gasteiger partial charge in [-0.15, -0.1) is 0 Å². The highest BCUT2D eigenvalue weighted by Crippen LogP contribution is 2.49. The molecule has 4 aromatic rings. The fourth-order valence-electron chi connectivity index (χ4n) is 8.30. The maximum absolute atomic E-state index is 16.4. The number of halogens is 2. The summed E-state index contributed by atoms with van der Waals surface area (Å²) in [4.78, 5) is 47.1. The summed E-state index contributed by atoms with van der Waals surface area (Å²) < 4.78 is 29.7. The topological polar surface area (TPSA) is 135 Å². The number of benzene rings is 2. The molecule has 2 spiro atoms. The van der Waals surface area contributed by atoms with Crippen LogP contribution in [0, 0.1) is 16.6 Å². The van der Waals surface area contributed by atoms with Gasteiger partial charge < -0.3 is 20.1 Å². The van der Waals surface area contributed by atoms with Gasteiger partial charge in [0.1, 0.15) is 17.2 Å². The number of ether oxygens (including phenoxy) is 2. The molecule has 2 aromatic heterocycles. The Morgan fingerprint density at radius 2 is 1.25 bits per heavy atom. The third-order valence-electron chi connectivity index (χ3n) is 10.7. The van der Waals surface area contributed by atoms with Crippen molar-refractivity contribution in [1.82, 2.24) is 40.4 Å². The van der Waals surface area contributed by atoms with Crippen LogP contribution in [-0.2, 0) is 22.7 Å². The molecule has 2 N–H and O–H groups in total. The molecule has 48 heavy (non-hydrogen) atoms. The van der Waals surface area contributed by atoms with Crippen molar-refractivity contribution in [2.24, 2.45) is 10.8 Å². The van der Waals surface area contributed by atoms with Gasteiger partial charge in [0.25, 0.3) is 0 Å². The van der Waals surface area contributed by atoms with Crippen LogP contribution in [0.1, 0.15) is 24.2 Å². The molecule has 2 aromatic carbocycles. The number of carbonyl (C=O) groups excluding carboxylic acids is 2. The first-order valence-electron chi connectivity index (χ1n) is 15.9. The smallest absolute Gasteiger partial charge is 0.239 e. The van der Waals surface area contributed by atoms with Crippen LogP contribution in [0.5, 0.6) is 11.8 Å². The second kappa shape index (κ2) is 10.00. The predicted octanol–water partition coefficient (Wildman–Crippen LogP) is 3.25. The monoisotopic (exact) mass is 710 g/mol. The molecule has 10 rings (SSSR count). The van der Waals surface area contributed by atoms with E-state index in [1.165, 1.54) is 0 Å². The van der Waals surface area contributed by atoms with E-state index in [0.29, 0.717) is 89.0 Å². The number of aromatic nitrogens is 4. The molecular weight excluding hydrogens is 683 g/mol. The van der Waals surface area contributed by atoms with Crippen molar-refractivity contribution in [3.63, 3.8) is 0 Å². The molecule has 242 valence electrons. The number of nitrogens with zero attached hydrogens (tertiary/aromatic N) is 6. The average Bonchev–Trinajstić information content (AvgIpc) is 3.68. The Balaban J connectivity index is 0.952. The van der Waals surface area contributed by atoms with Crippen molar-refractivity contribution in [3.8, 4) is 45.4 Å². The highest BCUT2D eigenvalue weighted by atomic mass is 79.9. The standard InChI is InChI=1S/C34H28BrFN8O4/c35-27-17(3-1-5-19(27)21-9-37-23-11-43-15-33(7-25(45)39-13-33)31(43)47-29(23)41-21)18-4-2-6-20(28(18)36)22-10-38-24-12-44-16-34(8-26(46)40-14-34)32(44)48-30(24)42-22/h1-6,9-10,31-32H,7-8,11-16H2,(H,39,45)(H,40,46). The van der Waals surface area contributed by atoms with E-state index in [1.54, 1.807) is 30.6 Å². The molecular formula is C34H28BrFN8O4. The molecule has 12 nitrogen and oxygen atoms in total. The second-order valence-corrected chi connectivity index (χ2v) is 14.5. The summed E-state index contributed by atoms with van der Waals surface area (Å²) in [5.41, 5.74) is 3.94. The molecule has 0 saturated carbocycles. The summed E-state index contributed by atoms with van der Waals surface area (Å²) in [6.07, 6.45) is 3.67. The van der Waals surface area contributed by atoms with Gasteiger partial charge >= 0.3 is 0 Å². The molecule has 0 radical (unpaired) electrons. The van der Waals surface area contributed by atoms with E-state index in [0.717, 1.165) is 24.3 Å². The summed E-state index contributed by atoms with van der Waals surface area (Å²) in [7, 11) is 0. The molecule has 4 saturated heterocycles. The fourth-order valence-corrected chi connectivity index (χ4v) is 8.98. The first-order chi connectivity index (χ1) is 23.3. The number of amides is 2. The molecule has 2 amide bonds. The van der Waals surface area contributed by atoms with E-state index < -0.39 is 5.82 Å². The number of fused-ring (bicyclic) bond motifs is 6. The number of nitrogens with one attached hydrogen (secondary N) is 2. The lowest BCUT2D eigenvalue weighted by atomic mass is 9.76. The first-order valence-corrected chi connectivity index (χ1v) is 16.7. The van der Waals surface area contributed by atoms with Crippen LogP contribution in [0.4, 0.5) is 4.39 Å². The van der Waals surface area contributed by atoms with Gasteiger partial charge in [-0.05, 0) is 27.6 Å². The highest BCUT2D eigenvalue weighted by Gasteiger charge is 2.61. The zero-order valence-corrected chi connectivity index (χ0v) is 27.1. The number of hydrogen-bond donors (Lipinski definition) is 2. The Morgan fingerprint density at radius 1 is 0.750 bits per heavy atom. The Kier molecular flexibility index (Phi) is 5.93. The molecule has 4 atom stereocenters. The van der Waals surface area contributed by atoms with Gasteiger partial charge in [-0.3, -0.25) is 29.4 Å². The van der Waals surface area contributed by atoms with Crippen LogP contribution < -0.4 is 20.1 Å². The number of rotatable bonds is 3. The second-order valence-electron chi connectivity index (χ2n) is 13.7. The zero-order valence-electron chi connectivity index (χ0n) is 25.5. The van der Waals surface area contributed by atoms with E-state index in [4.69, 9.17) is 19.4 Å². The molecule has 6 aliphatic rings. The summed E-state index contributed by atoms with van der Waals surface area (Å²) in [6, 6.07) is 10.8. The molecule has 0 bridgehead atoms. The van der Waals surface area contributed by atoms with E-state index in [-0.39, 0.29) is 35.1 Å². The van der Waals surface area contributed by atoms with E-state index in [2.05, 4.69) is 46.3 Å². The quantitative estimate of drug-likeness (QED) is 0.326. The lowest BCUT2D eigenvalue weighted by Crippen LogP contribution is -2.68. The zero-order chi connectivity index (χ0) is 32.4.